The molecule has 0 saturated carbocycles. The van der Waals surface area contributed by atoms with Gasteiger partial charge in [0.05, 0.1) is 15.6 Å². The van der Waals surface area contributed by atoms with Crippen LogP contribution < -0.4 is 9.64 Å². The first-order valence-corrected chi connectivity index (χ1v) is 11.3. The highest BCUT2D eigenvalue weighted by Crippen LogP contribution is 2.52. The van der Waals surface area contributed by atoms with Crippen molar-refractivity contribution in [2.24, 2.45) is 4.99 Å². The van der Waals surface area contributed by atoms with Crippen LogP contribution >= 0.6 is 22.9 Å². The van der Waals surface area contributed by atoms with Gasteiger partial charge in [-0.15, -0.1) is 0 Å². The third-order valence-electron chi connectivity index (χ3n) is 5.87. The number of nitrogens with zero attached hydrogens (tertiary/aromatic N) is 3. The van der Waals surface area contributed by atoms with Crippen molar-refractivity contribution in [1.82, 2.24) is 0 Å². The van der Waals surface area contributed by atoms with Gasteiger partial charge in [0, 0.05) is 30.4 Å². The quantitative estimate of drug-likeness (QED) is 0.419. The van der Waals surface area contributed by atoms with Gasteiger partial charge in [-0.05, 0) is 60.7 Å². The van der Waals surface area contributed by atoms with Crippen molar-refractivity contribution in [1.29, 1.82) is 5.26 Å². The maximum Gasteiger partial charge on any atom is 0.136 e. The second kappa shape index (κ2) is 8.33. The lowest BCUT2D eigenvalue weighted by Crippen LogP contribution is -2.37. The van der Waals surface area contributed by atoms with Crippen LogP contribution in [0.3, 0.4) is 0 Å². The van der Waals surface area contributed by atoms with Gasteiger partial charge in [0.2, 0.25) is 0 Å². The Bertz CT molecular complexity index is 1170. The van der Waals surface area contributed by atoms with E-state index in [9.17, 15) is 9.65 Å². The maximum atomic E-state index is 13.9. The van der Waals surface area contributed by atoms with Crippen molar-refractivity contribution >= 4 is 39.2 Å². The smallest absolute Gasteiger partial charge is 0.136 e. The minimum Gasteiger partial charge on any atom is -0.489 e. The van der Waals surface area contributed by atoms with Gasteiger partial charge in [-0.2, -0.15) is 5.26 Å². The summed E-state index contributed by atoms with van der Waals surface area (Å²) in [6, 6.07) is 14.4. The highest BCUT2D eigenvalue weighted by atomic mass is 35.5. The molecule has 0 aliphatic carbocycles. The van der Waals surface area contributed by atoms with E-state index in [4.69, 9.17) is 16.3 Å². The molecule has 0 atom stereocenters. The molecule has 4 heterocycles. The fraction of sp³-hybridized carbons (Fsp3) is 0.250. The first-order valence-electron chi connectivity index (χ1n) is 10.2. The minimum absolute atomic E-state index is 0.0584. The molecule has 3 aliphatic heterocycles. The average Bonchev–Trinajstić information content (AvgIpc) is 3.19. The standard InChI is InChI=1S/C24H19ClFN3OS/c25-20-2-1-3-21(26)19(20)14-30-17-6-4-15(5-7-17)13-28-23-18(12-27)22-16-8-10-29(11-9-16)24(22)31-23/h1-7,13,16H,8-11,14H2. The van der Waals surface area contributed by atoms with Gasteiger partial charge in [0.15, 0.2) is 0 Å². The molecule has 3 aromatic rings. The predicted molar refractivity (Wildman–Crippen MR) is 123 cm³/mol. The molecule has 156 valence electrons. The average molecular weight is 452 g/mol. The van der Waals surface area contributed by atoms with Gasteiger partial charge in [0.1, 0.15) is 29.2 Å². The molecule has 2 bridgehead atoms. The molecule has 0 N–H and O–H groups in total. The van der Waals surface area contributed by atoms with Crippen molar-refractivity contribution in [3.63, 3.8) is 0 Å². The minimum atomic E-state index is -0.382. The van der Waals surface area contributed by atoms with E-state index in [1.54, 1.807) is 29.7 Å². The molecule has 0 unspecified atom stereocenters. The first-order chi connectivity index (χ1) is 15.1. The molecular weight excluding hydrogens is 433 g/mol. The van der Waals surface area contributed by atoms with E-state index in [-0.39, 0.29) is 12.4 Å². The molecule has 1 fully saturated rings. The van der Waals surface area contributed by atoms with Crippen LogP contribution in [0, 0.1) is 17.1 Å². The number of hydrogen-bond donors (Lipinski definition) is 0. The summed E-state index contributed by atoms with van der Waals surface area (Å²) in [5.41, 5.74) is 3.17. The van der Waals surface area contributed by atoms with Crippen LogP contribution in [0.4, 0.5) is 14.4 Å². The van der Waals surface area contributed by atoms with Gasteiger partial charge in [-0.1, -0.05) is 29.0 Å². The molecule has 1 saturated heterocycles. The van der Waals surface area contributed by atoms with Crippen LogP contribution in [0.1, 0.15) is 41.0 Å². The van der Waals surface area contributed by atoms with Crippen LogP contribution in [0.15, 0.2) is 47.5 Å². The van der Waals surface area contributed by atoms with E-state index in [1.165, 1.54) is 16.6 Å². The number of aliphatic imine (C=N–C) groups is 1. The van der Waals surface area contributed by atoms with Crippen LogP contribution in [-0.2, 0) is 6.61 Å². The Kier molecular flexibility index (Phi) is 5.39. The number of anilines is 1. The fourth-order valence-electron chi connectivity index (χ4n) is 4.21. The van der Waals surface area contributed by atoms with E-state index >= 15 is 0 Å². The van der Waals surface area contributed by atoms with E-state index in [0.717, 1.165) is 42.1 Å². The van der Waals surface area contributed by atoms with Crippen LogP contribution in [0.25, 0.3) is 0 Å². The summed E-state index contributed by atoms with van der Waals surface area (Å²) in [7, 11) is 0. The fourth-order valence-corrected chi connectivity index (χ4v) is 5.67. The Morgan fingerprint density at radius 1 is 1.23 bits per heavy atom. The number of hydrogen-bond acceptors (Lipinski definition) is 5. The number of ether oxygens (including phenoxy) is 1. The molecule has 2 aromatic carbocycles. The van der Waals surface area contributed by atoms with Gasteiger partial charge in [-0.3, -0.25) is 0 Å². The first kappa shape index (κ1) is 20.0. The molecular formula is C24H19ClFN3OS. The van der Waals surface area contributed by atoms with Gasteiger partial charge in [-0.25, -0.2) is 9.38 Å². The van der Waals surface area contributed by atoms with Crippen molar-refractivity contribution in [2.75, 3.05) is 18.0 Å². The second-order valence-corrected chi connectivity index (χ2v) is 9.08. The number of benzene rings is 2. The van der Waals surface area contributed by atoms with Crippen LogP contribution in [0.2, 0.25) is 5.02 Å². The lowest BCUT2D eigenvalue weighted by atomic mass is 9.84. The molecule has 1 aromatic heterocycles. The summed E-state index contributed by atoms with van der Waals surface area (Å²) in [6.45, 7) is 2.21. The number of piperidine rings is 1. The number of fused-ring (bicyclic) bond motifs is 2. The van der Waals surface area contributed by atoms with Gasteiger partial charge in [0.25, 0.3) is 0 Å². The Morgan fingerprint density at radius 2 is 2.00 bits per heavy atom. The van der Waals surface area contributed by atoms with Crippen molar-refractivity contribution < 1.29 is 9.13 Å². The summed E-state index contributed by atoms with van der Waals surface area (Å²) < 4.78 is 19.5. The Morgan fingerprint density at radius 3 is 2.71 bits per heavy atom. The third kappa shape index (κ3) is 3.80. The molecule has 7 heteroatoms. The zero-order valence-electron chi connectivity index (χ0n) is 16.6. The summed E-state index contributed by atoms with van der Waals surface area (Å²) in [5, 5.41) is 12.1. The van der Waals surface area contributed by atoms with Crippen molar-refractivity contribution in [2.45, 2.75) is 25.4 Å². The summed E-state index contributed by atoms with van der Waals surface area (Å²) in [5.74, 6) is 0.729. The number of thiophene rings is 1. The maximum absolute atomic E-state index is 13.9. The van der Waals surface area contributed by atoms with Gasteiger partial charge < -0.3 is 9.64 Å². The Labute approximate surface area is 189 Å². The van der Waals surface area contributed by atoms with Crippen molar-refractivity contribution in [3.8, 4) is 11.8 Å². The number of nitriles is 1. The topological polar surface area (TPSA) is 48.6 Å². The molecule has 31 heavy (non-hydrogen) atoms. The van der Waals surface area contributed by atoms with E-state index < -0.39 is 0 Å². The lowest BCUT2D eigenvalue weighted by Gasteiger charge is -2.39. The molecule has 0 radical (unpaired) electrons. The predicted octanol–water partition coefficient (Wildman–Crippen LogP) is 6.44. The second-order valence-electron chi connectivity index (χ2n) is 7.69. The molecule has 0 spiro atoms. The third-order valence-corrected chi connectivity index (χ3v) is 7.39. The van der Waals surface area contributed by atoms with E-state index in [0.29, 0.717) is 22.3 Å². The van der Waals surface area contributed by atoms with E-state index in [1.807, 2.05) is 24.3 Å². The Hall–Kier alpha value is -2.88. The zero-order valence-corrected chi connectivity index (χ0v) is 18.2. The van der Waals surface area contributed by atoms with Gasteiger partial charge >= 0.3 is 0 Å². The highest BCUT2D eigenvalue weighted by molar-refractivity contribution is 7.20. The zero-order chi connectivity index (χ0) is 21.4. The molecule has 3 aliphatic rings. The highest BCUT2D eigenvalue weighted by Gasteiger charge is 2.36. The monoisotopic (exact) mass is 451 g/mol. The summed E-state index contributed by atoms with van der Waals surface area (Å²) in [4.78, 5) is 7.01. The van der Waals surface area contributed by atoms with E-state index in [2.05, 4.69) is 16.0 Å². The number of halogens is 2. The molecule has 4 nitrogen and oxygen atoms in total. The normalized spacial score (nSPS) is 15.3. The Balaban J connectivity index is 1.31. The largest absolute Gasteiger partial charge is 0.489 e. The van der Waals surface area contributed by atoms with Crippen molar-refractivity contribution in [3.05, 3.63) is 75.6 Å². The lowest BCUT2D eigenvalue weighted by molar-refractivity contribution is 0.300. The van der Waals surface area contributed by atoms with Crippen LogP contribution in [-0.4, -0.2) is 19.3 Å². The molecule has 6 rings (SSSR count). The SMILES string of the molecule is N#Cc1c(N=Cc2ccc(OCc3c(F)cccc3Cl)cc2)sc2c1C1CCN2CC1. The summed E-state index contributed by atoms with van der Waals surface area (Å²) >= 11 is 7.66. The molecule has 0 amide bonds. The summed E-state index contributed by atoms with van der Waals surface area (Å²) in [6.07, 6.45) is 4.02. The number of rotatable bonds is 5. The van der Waals surface area contributed by atoms with Crippen LogP contribution in [0.5, 0.6) is 5.75 Å².